The molecule has 0 spiro atoms. The van der Waals surface area contributed by atoms with E-state index < -0.39 is 17.5 Å². The van der Waals surface area contributed by atoms with E-state index in [2.05, 4.69) is 14.9 Å². The summed E-state index contributed by atoms with van der Waals surface area (Å²) in [5, 5.41) is 8.47. The van der Waals surface area contributed by atoms with Gasteiger partial charge in [0.2, 0.25) is 0 Å². The van der Waals surface area contributed by atoms with E-state index in [9.17, 15) is 9.59 Å². The maximum absolute atomic E-state index is 13.3. The second kappa shape index (κ2) is 8.35. The van der Waals surface area contributed by atoms with Gasteiger partial charge in [-0.3, -0.25) is 14.5 Å². The number of aromatic nitrogens is 2. The second-order valence-corrected chi connectivity index (χ2v) is 7.56. The highest BCUT2D eigenvalue weighted by atomic mass is 32.1. The largest absolute Gasteiger partial charge is 0.467 e. The van der Waals surface area contributed by atoms with Gasteiger partial charge in [-0.25, -0.2) is 0 Å². The first-order valence-corrected chi connectivity index (χ1v) is 9.77. The molecule has 0 aliphatic heterocycles. The van der Waals surface area contributed by atoms with E-state index in [4.69, 9.17) is 4.42 Å². The summed E-state index contributed by atoms with van der Waals surface area (Å²) >= 11 is 1.08. The Kier molecular flexibility index (Phi) is 5.89. The van der Waals surface area contributed by atoms with Crippen LogP contribution in [0.4, 0.5) is 5.69 Å². The van der Waals surface area contributed by atoms with Gasteiger partial charge in [0.25, 0.3) is 11.8 Å². The van der Waals surface area contributed by atoms with Crippen molar-refractivity contribution in [2.24, 2.45) is 0 Å². The minimum Gasteiger partial charge on any atom is -0.467 e. The van der Waals surface area contributed by atoms with Crippen LogP contribution >= 0.6 is 11.5 Å². The summed E-state index contributed by atoms with van der Waals surface area (Å²) < 4.78 is 9.33. The number of anilines is 1. The van der Waals surface area contributed by atoms with E-state index in [1.807, 2.05) is 39.0 Å². The number of carbonyl (C=O) groups excluding carboxylic acids is 2. The highest BCUT2D eigenvalue weighted by Gasteiger charge is 2.37. The first-order chi connectivity index (χ1) is 13.4. The number of rotatable bonds is 7. The monoisotopic (exact) mass is 398 g/mol. The van der Waals surface area contributed by atoms with Gasteiger partial charge >= 0.3 is 0 Å². The molecule has 0 saturated carbocycles. The number of nitrogens with one attached hydrogen (secondary N) is 1. The average Bonchev–Trinajstić information content (AvgIpc) is 3.39. The third-order valence-electron chi connectivity index (χ3n) is 4.50. The molecule has 0 saturated heterocycles. The minimum atomic E-state index is -0.988. The van der Waals surface area contributed by atoms with Crippen molar-refractivity contribution < 1.29 is 14.0 Å². The minimum absolute atomic E-state index is 0.174. The van der Waals surface area contributed by atoms with Gasteiger partial charge in [-0.2, -0.15) is 0 Å². The van der Waals surface area contributed by atoms with E-state index in [1.54, 1.807) is 29.6 Å². The Morgan fingerprint density at radius 2 is 1.96 bits per heavy atom. The van der Waals surface area contributed by atoms with Crippen LogP contribution in [0.2, 0.25) is 0 Å². The molecule has 8 heteroatoms. The molecule has 0 fully saturated rings. The maximum Gasteiger partial charge on any atom is 0.280 e. The van der Waals surface area contributed by atoms with Gasteiger partial charge in [-0.15, -0.1) is 5.10 Å². The van der Waals surface area contributed by atoms with Crippen LogP contribution in [0.3, 0.4) is 0 Å². The van der Waals surface area contributed by atoms with Gasteiger partial charge < -0.3 is 9.73 Å². The first-order valence-electron chi connectivity index (χ1n) is 8.94. The Hall–Kier alpha value is -3.00. The number of para-hydroxylation sites is 1. The lowest BCUT2D eigenvalue weighted by Gasteiger charge is -2.33. The molecule has 0 radical (unpaired) electrons. The third kappa shape index (κ3) is 4.28. The zero-order valence-corrected chi connectivity index (χ0v) is 16.8. The summed E-state index contributed by atoms with van der Waals surface area (Å²) in [5.41, 5.74) is 0.300. The van der Waals surface area contributed by atoms with Gasteiger partial charge in [-0.1, -0.05) is 29.6 Å². The summed E-state index contributed by atoms with van der Waals surface area (Å²) in [6, 6.07) is 11.4. The lowest BCUT2D eigenvalue weighted by Crippen LogP contribution is -2.50. The molecule has 0 bridgehead atoms. The molecule has 0 aliphatic carbocycles. The fourth-order valence-corrected chi connectivity index (χ4v) is 3.09. The van der Waals surface area contributed by atoms with Crippen molar-refractivity contribution in [1.82, 2.24) is 14.9 Å². The number of hydrogen-bond acceptors (Lipinski definition) is 6. The van der Waals surface area contributed by atoms with Gasteiger partial charge in [-0.05, 0) is 56.1 Å². The predicted octanol–water partition coefficient (Wildman–Crippen LogP) is 3.82. The lowest BCUT2D eigenvalue weighted by atomic mass is 10.0. The van der Waals surface area contributed by atoms with E-state index in [1.165, 1.54) is 11.2 Å². The van der Waals surface area contributed by atoms with Crippen molar-refractivity contribution in [1.29, 1.82) is 0 Å². The summed E-state index contributed by atoms with van der Waals surface area (Å²) in [6.07, 6.45) is 2.22. The molecular weight excluding hydrogens is 376 g/mol. The van der Waals surface area contributed by atoms with Crippen LogP contribution in [0.5, 0.6) is 0 Å². The van der Waals surface area contributed by atoms with Crippen LogP contribution in [0.25, 0.3) is 0 Å². The van der Waals surface area contributed by atoms with Crippen molar-refractivity contribution in [3.05, 3.63) is 65.6 Å². The van der Waals surface area contributed by atoms with Crippen molar-refractivity contribution >= 4 is 29.0 Å². The highest BCUT2D eigenvalue weighted by Crippen LogP contribution is 2.30. The standard InChI is InChI=1S/C20H22N4O3S/c1-4-20(2,3)21-18(25)17(16-11-8-12-27-16)24(14-9-6-5-7-10-14)19(26)15-13-28-23-22-15/h5-13,17H,4H2,1-3H3,(H,21,25). The summed E-state index contributed by atoms with van der Waals surface area (Å²) in [4.78, 5) is 28.0. The quantitative estimate of drug-likeness (QED) is 0.653. The first kappa shape index (κ1) is 19.8. The third-order valence-corrected chi connectivity index (χ3v) is 5.00. The number of benzene rings is 1. The molecule has 1 N–H and O–H groups in total. The van der Waals surface area contributed by atoms with Gasteiger partial charge in [0.15, 0.2) is 11.7 Å². The van der Waals surface area contributed by atoms with Crippen LogP contribution in [0.1, 0.15) is 49.5 Å². The summed E-state index contributed by atoms with van der Waals surface area (Å²) in [7, 11) is 0. The average molecular weight is 398 g/mol. The topological polar surface area (TPSA) is 88.3 Å². The highest BCUT2D eigenvalue weighted by molar-refractivity contribution is 7.03. The fourth-order valence-electron chi connectivity index (χ4n) is 2.66. The molecule has 3 rings (SSSR count). The molecule has 2 amide bonds. The van der Waals surface area contributed by atoms with Gasteiger partial charge in [0.05, 0.1) is 6.26 Å². The van der Waals surface area contributed by atoms with Crippen LogP contribution < -0.4 is 10.2 Å². The number of amides is 2. The predicted molar refractivity (Wildman–Crippen MR) is 107 cm³/mol. The summed E-state index contributed by atoms with van der Waals surface area (Å²) in [6.45, 7) is 5.86. The number of carbonyl (C=O) groups is 2. The number of nitrogens with zero attached hydrogens (tertiary/aromatic N) is 3. The normalized spacial score (nSPS) is 12.4. The molecule has 1 unspecified atom stereocenters. The summed E-state index contributed by atoms with van der Waals surface area (Å²) in [5.74, 6) is -0.391. The molecule has 28 heavy (non-hydrogen) atoms. The molecule has 0 aliphatic rings. The zero-order chi connectivity index (χ0) is 20.1. The van der Waals surface area contributed by atoms with Crippen LogP contribution in [0, 0.1) is 0 Å². The zero-order valence-electron chi connectivity index (χ0n) is 16.0. The molecule has 3 aromatic rings. The second-order valence-electron chi connectivity index (χ2n) is 6.95. The van der Waals surface area contributed by atoms with Crippen molar-refractivity contribution in [2.45, 2.75) is 38.8 Å². The smallest absolute Gasteiger partial charge is 0.280 e. The van der Waals surface area contributed by atoms with Crippen molar-refractivity contribution in [2.75, 3.05) is 4.90 Å². The van der Waals surface area contributed by atoms with Crippen molar-refractivity contribution in [3.8, 4) is 0 Å². The Morgan fingerprint density at radius 1 is 1.21 bits per heavy atom. The van der Waals surface area contributed by atoms with E-state index >= 15 is 0 Å². The van der Waals surface area contributed by atoms with E-state index in [0.717, 1.165) is 18.0 Å². The molecular formula is C20H22N4O3S. The lowest BCUT2D eigenvalue weighted by molar-refractivity contribution is -0.124. The molecule has 146 valence electrons. The fraction of sp³-hybridized carbons (Fsp3) is 0.300. The Labute approximate surface area is 167 Å². The van der Waals surface area contributed by atoms with Crippen LogP contribution in [-0.2, 0) is 4.79 Å². The van der Waals surface area contributed by atoms with Crippen LogP contribution in [-0.4, -0.2) is 26.9 Å². The molecule has 2 aromatic heterocycles. The molecule has 7 nitrogen and oxygen atoms in total. The number of hydrogen-bond donors (Lipinski definition) is 1. The Balaban J connectivity index is 2.09. The molecule has 1 aromatic carbocycles. The van der Waals surface area contributed by atoms with Crippen LogP contribution in [0.15, 0.2) is 58.5 Å². The maximum atomic E-state index is 13.3. The molecule has 1 atom stereocenters. The van der Waals surface area contributed by atoms with E-state index in [0.29, 0.717) is 11.4 Å². The van der Waals surface area contributed by atoms with Gasteiger partial charge in [0.1, 0.15) is 5.76 Å². The van der Waals surface area contributed by atoms with Gasteiger partial charge in [0, 0.05) is 16.6 Å². The van der Waals surface area contributed by atoms with Crippen molar-refractivity contribution in [3.63, 3.8) is 0 Å². The Bertz CT molecular complexity index is 908. The SMILES string of the molecule is CCC(C)(C)NC(=O)C(c1ccco1)N(C(=O)c1csnn1)c1ccccc1. The molecule has 2 heterocycles. The Morgan fingerprint density at radius 3 is 2.54 bits per heavy atom. The number of furan rings is 1. The van der Waals surface area contributed by atoms with E-state index in [-0.39, 0.29) is 11.6 Å².